The van der Waals surface area contributed by atoms with Crippen molar-refractivity contribution in [1.29, 1.82) is 0 Å². The van der Waals surface area contributed by atoms with Gasteiger partial charge in [0.1, 0.15) is 11.3 Å². The maximum atomic E-state index is 12.9. The minimum Gasteiger partial charge on any atom is -0.462 e. The van der Waals surface area contributed by atoms with E-state index in [0.29, 0.717) is 18.7 Å². The molecule has 0 fully saturated rings. The summed E-state index contributed by atoms with van der Waals surface area (Å²) in [6, 6.07) is 15.9. The molecular formula is C28H32Cl2N2O7. The van der Waals surface area contributed by atoms with E-state index in [4.69, 9.17) is 27.8 Å². The van der Waals surface area contributed by atoms with Crippen LogP contribution in [0.25, 0.3) is 33.4 Å². The van der Waals surface area contributed by atoms with E-state index in [2.05, 4.69) is 43.2 Å². The third-order valence-electron chi connectivity index (χ3n) is 5.77. The minimum absolute atomic E-state index is 0. The van der Waals surface area contributed by atoms with E-state index in [1.807, 2.05) is 50.2 Å². The Hall–Kier alpha value is -3.18. The Morgan fingerprint density at radius 2 is 1.69 bits per heavy atom. The summed E-state index contributed by atoms with van der Waals surface area (Å²) in [6.45, 7) is 11.9. The SMILES string of the molecule is CC/N=c1/cc2oc3cc(NCC)c(C)cc3c(-c3ccccc3C(=O)OCC)c-2cc1C.Cl.[O-][Cl+3]([O-])([O-])O. The second-order valence-corrected chi connectivity index (χ2v) is 9.23. The molecule has 9 nitrogen and oxygen atoms in total. The molecule has 0 spiro atoms. The van der Waals surface area contributed by atoms with Gasteiger partial charge in [0.05, 0.1) is 32.4 Å². The maximum Gasteiger partial charge on any atom is 0.338 e. The van der Waals surface area contributed by atoms with Gasteiger partial charge in [0.25, 0.3) is 0 Å². The van der Waals surface area contributed by atoms with E-state index in [-0.39, 0.29) is 18.4 Å². The normalized spacial score (nSPS) is 11.6. The largest absolute Gasteiger partial charge is 0.462 e. The standard InChI is InChI=1S/C28H30N2O3.ClHO4.ClH/c1-6-29-23-15-25-21(13-17(23)4)27(19-11-9-10-12-20(19)28(31)32-8-3)22-14-18(5)24(30-7-2)16-26(22)33-25;2-1(3,4)5;/h9-16,29H,6-8H2,1-5H3;(H,2,3,4,5);1H/b30-24-;;. The van der Waals surface area contributed by atoms with Gasteiger partial charge in [0.2, 0.25) is 0 Å². The van der Waals surface area contributed by atoms with Gasteiger partial charge in [-0.3, -0.25) is 4.99 Å². The fourth-order valence-electron chi connectivity index (χ4n) is 4.29. The minimum atomic E-state index is -4.69. The number of hydrogen-bond acceptors (Lipinski definition) is 9. The van der Waals surface area contributed by atoms with Crippen molar-refractivity contribution in [3.05, 3.63) is 70.6 Å². The Bertz CT molecular complexity index is 1470. The lowest BCUT2D eigenvalue weighted by Crippen LogP contribution is -2.58. The highest BCUT2D eigenvalue weighted by Crippen LogP contribution is 2.43. The molecule has 0 amide bonds. The molecule has 39 heavy (non-hydrogen) atoms. The fourth-order valence-corrected chi connectivity index (χ4v) is 4.29. The summed E-state index contributed by atoms with van der Waals surface area (Å²) >= 11 is 0. The molecule has 2 aliphatic rings. The van der Waals surface area contributed by atoms with Crippen LogP contribution in [0.2, 0.25) is 0 Å². The highest BCUT2D eigenvalue weighted by atomic mass is 35.7. The molecule has 0 radical (unpaired) electrons. The Kier molecular flexibility index (Phi) is 11.3. The van der Waals surface area contributed by atoms with Crippen LogP contribution in [0.5, 0.6) is 0 Å². The average Bonchev–Trinajstić information content (AvgIpc) is 2.84. The van der Waals surface area contributed by atoms with Crippen molar-refractivity contribution < 1.29 is 42.8 Å². The van der Waals surface area contributed by atoms with Gasteiger partial charge in [-0.15, -0.1) is 12.4 Å². The zero-order chi connectivity index (χ0) is 28.0. The van der Waals surface area contributed by atoms with Crippen molar-refractivity contribution in [2.24, 2.45) is 4.99 Å². The third-order valence-corrected chi connectivity index (χ3v) is 5.77. The number of anilines is 1. The fraction of sp³-hybridized carbons (Fsp3) is 0.286. The summed E-state index contributed by atoms with van der Waals surface area (Å²) in [5, 5.41) is 5.28. The second-order valence-electron chi connectivity index (χ2n) is 8.44. The first-order chi connectivity index (χ1) is 18.0. The lowest BCUT2D eigenvalue weighted by molar-refractivity contribution is -1.92. The van der Waals surface area contributed by atoms with Crippen LogP contribution in [0.3, 0.4) is 0 Å². The zero-order valence-corrected chi connectivity index (χ0v) is 23.9. The van der Waals surface area contributed by atoms with Crippen LogP contribution >= 0.6 is 12.4 Å². The molecule has 11 heteroatoms. The second kappa shape index (κ2) is 13.7. The van der Waals surface area contributed by atoms with Crippen molar-refractivity contribution in [1.82, 2.24) is 0 Å². The Labute approximate surface area is 235 Å². The van der Waals surface area contributed by atoms with Crippen molar-refractivity contribution in [3.8, 4) is 22.5 Å². The molecular weight excluding hydrogens is 547 g/mol. The Morgan fingerprint density at radius 3 is 2.31 bits per heavy atom. The van der Waals surface area contributed by atoms with Crippen LogP contribution in [0.15, 0.2) is 57.9 Å². The highest BCUT2D eigenvalue weighted by molar-refractivity contribution is 6.08. The molecule has 2 aromatic carbocycles. The lowest BCUT2D eigenvalue weighted by atomic mass is 9.89. The van der Waals surface area contributed by atoms with Crippen LogP contribution in [-0.4, -0.2) is 30.3 Å². The number of benzene rings is 3. The van der Waals surface area contributed by atoms with Crippen LogP contribution in [0.1, 0.15) is 42.3 Å². The van der Waals surface area contributed by atoms with E-state index < -0.39 is 10.2 Å². The van der Waals surface area contributed by atoms with Gasteiger partial charge in [-0.2, -0.15) is 14.0 Å². The molecule has 0 unspecified atom stereocenters. The third kappa shape index (κ3) is 7.92. The van der Waals surface area contributed by atoms with E-state index >= 15 is 0 Å². The van der Waals surface area contributed by atoms with Gasteiger partial charge in [-0.25, -0.2) is 4.79 Å². The molecule has 0 aromatic heterocycles. The van der Waals surface area contributed by atoms with Gasteiger partial charge in [-0.05, 0) is 69.5 Å². The number of carbonyl (C=O) groups is 1. The summed E-state index contributed by atoms with van der Waals surface area (Å²) in [4.78, 5) is 17.5. The smallest absolute Gasteiger partial charge is 0.338 e. The molecule has 2 N–H and O–H groups in total. The Balaban J connectivity index is 0.000000816. The number of esters is 1. The van der Waals surface area contributed by atoms with Crippen molar-refractivity contribution in [2.75, 3.05) is 25.0 Å². The monoisotopic (exact) mass is 578 g/mol. The summed E-state index contributed by atoms with van der Waals surface area (Å²) in [6.07, 6.45) is 0. The lowest BCUT2D eigenvalue weighted by Gasteiger charge is -2.19. The molecule has 0 saturated carbocycles. The summed E-state index contributed by atoms with van der Waals surface area (Å²) in [7, 11) is -4.69. The number of ether oxygens (including phenoxy) is 1. The van der Waals surface area contributed by atoms with Crippen LogP contribution in [0.4, 0.5) is 5.69 Å². The predicted molar refractivity (Wildman–Crippen MR) is 143 cm³/mol. The zero-order valence-electron chi connectivity index (χ0n) is 22.4. The first-order valence-electron chi connectivity index (χ1n) is 12.1. The summed E-state index contributed by atoms with van der Waals surface area (Å²) in [5.41, 5.74) is 7.25. The van der Waals surface area contributed by atoms with E-state index in [1.54, 1.807) is 0 Å². The number of fused-ring (bicyclic) bond motifs is 2. The van der Waals surface area contributed by atoms with E-state index in [9.17, 15) is 4.79 Å². The highest BCUT2D eigenvalue weighted by Gasteiger charge is 2.23. The number of carbonyl (C=O) groups excluding carboxylic acids is 1. The van der Waals surface area contributed by atoms with Crippen molar-refractivity contribution in [2.45, 2.75) is 34.6 Å². The van der Waals surface area contributed by atoms with Crippen LogP contribution in [0, 0.1) is 24.1 Å². The van der Waals surface area contributed by atoms with Crippen LogP contribution in [-0.2, 0) is 4.74 Å². The number of hydrogen-bond donors (Lipinski definition) is 2. The molecule has 1 aliphatic heterocycles. The molecule has 210 valence electrons. The predicted octanol–water partition coefficient (Wildman–Crippen LogP) is 2.65. The first-order valence-corrected chi connectivity index (χ1v) is 13.4. The summed E-state index contributed by atoms with van der Waals surface area (Å²) in [5.74, 6) is 0.408. The molecule has 0 saturated heterocycles. The first kappa shape index (κ1) is 32.0. The number of nitrogens with one attached hydrogen (secondary N) is 1. The molecule has 2 aromatic rings. The van der Waals surface area contributed by atoms with Gasteiger partial charge in [0.15, 0.2) is 0 Å². The van der Waals surface area contributed by atoms with Gasteiger partial charge < -0.3 is 14.5 Å². The van der Waals surface area contributed by atoms with Crippen LogP contribution < -0.4 is 24.7 Å². The van der Waals surface area contributed by atoms with Gasteiger partial charge >= 0.3 is 5.97 Å². The topological polar surface area (TPSA) is 153 Å². The molecule has 1 aliphatic carbocycles. The van der Waals surface area contributed by atoms with Crippen molar-refractivity contribution in [3.63, 3.8) is 0 Å². The molecule has 0 atom stereocenters. The van der Waals surface area contributed by atoms with Gasteiger partial charge in [-0.1, -0.05) is 18.2 Å². The van der Waals surface area contributed by atoms with E-state index in [0.717, 1.165) is 62.1 Å². The van der Waals surface area contributed by atoms with E-state index in [1.165, 1.54) is 0 Å². The quantitative estimate of drug-likeness (QED) is 0.261. The summed E-state index contributed by atoms with van der Waals surface area (Å²) < 4.78 is 44.5. The Morgan fingerprint density at radius 1 is 1.03 bits per heavy atom. The van der Waals surface area contributed by atoms with Gasteiger partial charge in [0, 0.05) is 47.4 Å². The number of halogens is 2. The molecule has 4 rings (SSSR count). The number of nitrogens with zero attached hydrogens (tertiary/aromatic N) is 1. The molecule has 1 heterocycles. The molecule has 0 bridgehead atoms. The average molecular weight is 579 g/mol. The van der Waals surface area contributed by atoms with Crippen molar-refractivity contribution >= 4 is 35.0 Å². The number of aryl methyl sites for hydroxylation is 2. The maximum absolute atomic E-state index is 12.9. The number of rotatable bonds is 6.